The van der Waals surface area contributed by atoms with Crippen LogP contribution in [0.5, 0.6) is 0 Å². The van der Waals surface area contributed by atoms with Gasteiger partial charge >= 0.3 is 0 Å². The second kappa shape index (κ2) is 21.9. The Morgan fingerprint density at radius 3 is 1.10 bits per heavy atom. The predicted octanol–water partition coefficient (Wildman–Crippen LogP) is 25.1. The molecule has 4 heteroatoms. The van der Waals surface area contributed by atoms with E-state index in [-0.39, 0.29) is 0 Å². The summed E-state index contributed by atoms with van der Waals surface area (Å²) in [5, 5.41) is 12.5. The van der Waals surface area contributed by atoms with Crippen LogP contribution in [0.2, 0.25) is 0 Å². The van der Waals surface area contributed by atoms with Gasteiger partial charge in [-0.1, -0.05) is 221 Å². The second-order valence-electron chi connectivity index (χ2n) is 25.9. The number of benzene rings is 12. The van der Waals surface area contributed by atoms with Gasteiger partial charge in [-0.2, -0.15) is 0 Å². The lowest BCUT2D eigenvalue weighted by atomic mass is 9.77. The average Bonchev–Trinajstić information content (AvgIpc) is 0.739. The molecule has 0 bridgehead atoms. The van der Waals surface area contributed by atoms with Crippen molar-refractivity contribution in [1.82, 2.24) is 0 Å². The van der Waals surface area contributed by atoms with Crippen LogP contribution in [-0.4, -0.2) is 0 Å². The number of fused-ring (bicyclic) bond motifs is 6. The van der Waals surface area contributed by atoms with Gasteiger partial charge < -0.3 is 18.6 Å². The van der Waals surface area contributed by atoms with E-state index >= 15 is 0 Å². The molecule has 16 rings (SSSR count). The van der Waals surface area contributed by atoms with Crippen LogP contribution in [0.15, 0.2) is 203 Å². The quantitative estimate of drug-likeness (QED) is 0.114. The summed E-state index contributed by atoms with van der Waals surface area (Å²) in [6, 6.07) is 74.1. The van der Waals surface area contributed by atoms with Crippen LogP contribution >= 0.6 is 0 Å². The fourth-order valence-corrected chi connectivity index (χ4v) is 16.3. The Morgan fingerprint density at radius 2 is 0.693 bits per heavy atom. The Bertz CT molecular complexity index is 4720. The molecule has 12 aromatic carbocycles. The number of aryl methyl sites for hydroxylation is 6. The number of nitrogens with zero attached hydrogens (tertiary/aromatic N) is 2. The van der Waals surface area contributed by atoms with Gasteiger partial charge in [0.25, 0.3) is 0 Å². The third-order valence-electron chi connectivity index (χ3n) is 20.5. The lowest BCUT2D eigenvalue weighted by Gasteiger charge is -2.34. The third-order valence-corrected chi connectivity index (χ3v) is 20.5. The van der Waals surface area contributed by atoms with E-state index in [2.05, 4.69) is 245 Å². The summed E-state index contributed by atoms with van der Waals surface area (Å²) in [6.07, 6.45) is 14.1. The Labute approximate surface area is 517 Å². The largest absolute Gasteiger partial charge is 0.453 e. The molecule has 88 heavy (non-hydrogen) atoms. The first kappa shape index (κ1) is 54.3. The summed E-state index contributed by atoms with van der Waals surface area (Å²) >= 11 is 0. The van der Waals surface area contributed by atoms with Gasteiger partial charge in [0.15, 0.2) is 11.2 Å². The van der Waals surface area contributed by atoms with Crippen LogP contribution in [0.1, 0.15) is 134 Å². The van der Waals surface area contributed by atoms with Gasteiger partial charge in [0, 0.05) is 54.8 Å². The Morgan fingerprint density at radius 1 is 0.318 bits per heavy atom. The van der Waals surface area contributed by atoms with Crippen molar-refractivity contribution in [3.63, 3.8) is 0 Å². The van der Waals surface area contributed by atoms with Crippen molar-refractivity contribution in [2.24, 2.45) is 0 Å². The summed E-state index contributed by atoms with van der Waals surface area (Å²) in [6.45, 7) is 13.5. The zero-order chi connectivity index (χ0) is 59.3. The molecule has 2 saturated carbocycles. The number of para-hydroxylation sites is 4. The Kier molecular flexibility index (Phi) is 13.5. The van der Waals surface area contributed by atoms with Crippen LogP contribution < -0.4 is 9.80 Å². The van der Waals surface area contributed by atoms with Crippen molar-refractivity contribution in [2.45, 2.75) is 130 Å². The van der Waals surface area contributed by atoms with E-state index in [1.54, 1.807) is 0 Å². The summed E-state index contributed by atoms with van der Waals surface area (Å²) < 4.78 is 15.0. The topological polar surface area (TPSA) is 32.8 Å². The minimum Gasteiger partial charge on any atom is -0.453 e. The van der Waals surface area contributed by atoms with E-state index in [0.717, 1.165) is 90.6 Å². The maximum absolute atomic E-state index is 7.49. The molecule has 434 valence electrons. The average molecular weight is 1150 g/mol. The molecule has 0 N–H and O–H groups in total. The lowest BCUT2D eigenvalue weighted by molar-refractivity contribution is 0.445. The molecule has 2 fully saturated rings. The minimum atomic E-state index is 0.421. The highest BCUT2D eigenvalue weighted by Crippen LogP contribution is 2.56. The number of anilines is 6. The molecule has 0 atom stereocenters. The second-order valence-corrected chi connectivity index (χ2v) is 25.9. The predicted molar refractivity (Wildman–Crippen MR) is 374 cm³/mol. The summed E-state index contributed by atoms with van der Waals surface area (Å²) in [5.41, 5.74) is 25.7. The molecule has 0 spiro atoms. The number of rotatable bonds is 12. The third kappa shape index (κ3) is 8.75. The lowest BCUT2D eigenvalue weighted by Crippen LogP contribution is -2.15. The normalized spacial score (nSPS) is 14.5. The summed E-state index contributed by atoms with van der Waals surface area (Å²) in [5.74, 6) is 0.843. The van der Waals surface area contributed by atoms with Gasteiger partial charge in [0.05, 0.1) is 22.7 Å². The molecule has 0 aliphatic heterocycles. The molecule has 2 aliphatic carbocycles. The smallest absolute Gasteiger partial charge is 0.159 e. The first-order valence-corrected chi connectivity index (χ1v) is 32.8. The summed E-state index contributed by atoms with van der Waals surface area (Å²) in [7, 11) is 0. The Balaban J connectivity index is 1.01. The van der Waals surface area contributed by atoms with Crippen LogP contribution in [-0.2, 0) is 12.8 Å². The van der Waals surface area contributed by atoms with Gasteiger partial charge in [-0.05, 0) is 181 Å². The molecule has 2 aliphatic rings. The fraction of sp³-hybridized carbons (Fsp3) is 0.238. The summed E-state index contributed by atoms with van der Waals surface area (Å²) in [4.78, 5) is 5.19. The first-order valence-electron chi connectivity index (χ1n) is 32.8. The van der Waals surface area contributed by atoms with Crippen molar-refractivity contribution >= 4 is 110 Å². The first-order chi connectivity index (χ1) is 43.2. The highest BCUT2D eigenvalue weighted by Gasteiger charge is 2.32. The molecule has 0 unspecified atom stereocenters. The van der Waals surface area contributed by atoms with Crippen LogP contribution in [0, 0.1) is 27.7 Å². The van der Waals surface area contributed by atoms with E-state index in [1.165, 1.54) is 164 Å². The molecular weight excluding hydrogens is 1070 g/mol. The minimum absolute atomic E-state index is 0.421. The SMILES string of the molecule is CCc1ccccc1-c1cccc2c1oc1c(N(c3ccc(C)cc3C)c3cc(C4CCCCC4)c4ccc5c(N(c6ccc(C)cc6C)c6cccc7c6oc6c(-c8ccccc8CC)cccc67)cc(C6CCCCC6)c6ccc3c4c65)cccc12. The number of hydrogen-bond donors (Lipinski definition) is 0. The van der Waals surface area contributed by atoms with E-state index in [9.17, 15) is 0 Å². The van der Waals surface area contributed by atoms with Gasteiger partial charge in [-0.3, -0.25) is 0 Å². The van der Waals surface area contributed by atoms with E-state index in [1.807, 2.05) is 0 Å². The number of furan rings is 2. The molecular formula is C84H76N2O2. The molecule has 4 nitrogen and oxygen atoms in total. The fourth-order valence-electron chi connectivity index (χ4n) is 16.3. The standard InChI is InChI=1S/C84H76N2O2/c1-7-55-23-15-17-29-59(55)63-31-19-33-65-67-35-21-37-75(83(67)87-81(63)65)85(73-45-39-51(3)47-53(73)5)77-49-71(57-25-11-9-12-26-57)61-42-44-70-78(50-72(58-27-13-10-14-28-58)62-41-43-69(77)79(61)80(62)70)86(74-46-40-52(4)48-54(74)6)76-38-22-36-68-66-34-20-32-64(82(66)88-84(68)76)60-30-18-16-24-56(60)8-2/h15-24,29-50,57-58H,7-14,25-28H2,1-6H3. The van der Waals surface area contributed by atoms with Gasteiger partial charge in [0.1, 0.15) is 11.2 Å². The van der Waals surface area contributed by atoms with Crippen LogP contribution in [0.4, 0.5) is 34.1 Å². The van der Waals surface area contributed by atoms with Crippen LogP contribution in [0.3, 0.4) is 0 Å². The zero-order valence-electron chi connectivity index (χ0n) is 51.8. The molecule has 0 amide bonds. The molecule has 2 aromatic heterocycles. The molecule has 14 aromatic rings. The zero-order valence-corrected chi connectivity index (χ0v) is 51.8. The van der Waals surface area contributed by atoms with Gasteiger partial charge in [0.2, 0.25) is 0 Å². The molecule has 0 saturated heterocycles. The van der Waals surface area contributed by atoms with E-state index < -0.39 is 0 Å². The maximum atomic E-state index is 7.49. The van der Waals surface area contributed by atoms with Crippen molar-refractivity contribution < 1.29 is 8.83 Å². The monoisotopic (exact) mass is 1140 g/mol. The Hall–Kier alpha value is -9.12. The van der Waals surface area contributed by atoms with Crippen LogP contribution in [0.25, 0.3) is 98.4 Å². The molecule has 0 radical (unpaired) electrons. The van der Waals surface area contributed by atoms with E-state index in [4.69, 9.17) is 8.83 Å². The van der Waals surface area contributed by atoms with Crippen molar-refractivity contribution in [3.05, 3.63) is 239 Å². The van der Waals surface area contributed by atoms with Crippen molar-refractivity contribution in [1.29, 1.82) is 0 Å². The number of hydrogen-bond acceptors (Lipinski definition) is 4. The maximum Gasteiger partial charge on any atom is 0.159 e. The highest BCUT2D eigenvalue weighted by atomic mass is 16.3. The molecule has 2 heterocycles. The van der Waals surface area contributed by atoms with E-state index in [0.29, 0.717) is 11.8 Å². The van der Waals surface area contributed by atoms with Gasteiger partial charge in [-0.25, -0.2) is 0 Å². The van der Waals surface area contributed by atoms with Crippen molar-refractivity contribution in [3.8, 4) is 22.3 Å². The van der Waals surface area contributed by atoms with Gasteiger partial charge in [-0.15, -0.1) is 0 Å². The highest BCUT2D eigenvalue weighted by molar-refractivity contribution is 6.30. The van der Waals surface area contributed by atoms with Crippen molar-refractivity contribution in [2.75, 3.05) is 9.80 Å².